The topological polar surface area (TPSA) is 307 Å². The standard InChI is InChI=1S/C36H59N7O13/c1-7-10-23(31(51)35(55)38-18-28(49)50)41-33(53)25-11-8-9-16-43(25)36(56)30(20(4)5)42-34(54)29(19(2)3)37-17-22(12-14-26(45)46)40-32(52)24(39-21(6)44)13-15-27(47)48/h19-20,22-25,29-30,37H,7-18H2,1-6H3,(H,38,55)(H,39,44)(H,40,52)(H,41,53)(H,42,54)(H,45,46)(H,47,48)(H,49,50)/t22-,23-,24-,25?,29-,30-/m0/s1. The van der Waals surface area contributed by atoms with Crippen LogP contribution in [0.2, 0.25) is 0 Å². The molecular formula is C36H59N7O13. The van der Waals surface area contributed by atoms with Gasteiger partial charge < -0.3 is 52.1 Å². The van der Waals surface area contributed by atoms with Gasteiger partial charge in [0.15, 0.2) is 0 Å². The normalized spacial score (nSPS) is 16.7. The Bertz CT molecular complexity index is 1440. The van der Waals surface area contributed by atoms with E-state index in [9.17, 15) is 53.1 Å². The van der Waals surface area contributed by atoms with E-state index in [0.29, 0.717) is 19.3 Å². The fourth-order valence-electron chi connectivity index (χ4n) is 6.14. The lowest BCUT2D eigenvalue weighted by Crippen LogP contribution is -2.62. The zero-order valence-corrected chi connectivity index (χ0v) is 33.0. The molecule has 0 aromatic carbocycles. The van der Waals surface area contributed by atoms with Crippen molar-refractivity contribution in [2.24, 2.45) is 11.8 Å². The van der Waals surface area contributed by atoms with E-state index in [1.54, 1.807) is 34.6 Å². The number of nitrogens with one attached hydrogen (secondary N) is 6. The molecule has 6 atom stereocenters. The molecule has 1 aliphatic heterocycles. The summed E-state index contributed by atoms with van der Waals surface area (Å²) >= 11 is 0. The quantitative estimate of drug-likeness (QED) is 0.0496. The Morgan fingerprint density at radius 1 is 0.696 bits per heavy atom. The summed E-state index contributed by atoms with van der Waals surface area (Å²) < 4.78 is 0. The van der Waals surface area contributed by atoms with Crippen LogP contribution in [0.15, 0.2) is 0 Å². The van der Waals surface area contributed by atoms with Gasteiger partial charge in [0.05, 0.1) is 12.1 Å². The zero-order valence-electron chi connectivity index (χ0n) is 33.0. The minimum Gasteiger partial charge on any atom is -0.481 e. The minimum atomic E-state index is -1.35. The molecule has 0 radical (unpaired) electrons. The minimum absolute atomic E-state index is 0.0739. The Labute approximate surface area is 326 Å². The van der Waals surface area contributed by atoms with Crippen molar-refractivity contribution in [2.75, 3.05) is 19.6 Å². The number of hydrogen-bond acceptors (Lipinski definition) is 11. The van der Waals surface area contributed by atoms with E-state index in [4.69, 9.17) is 10.2 Å². The summed E-state index contributed by atoms with van der Waals surface area (Å²) in [5, 5.41) is 42.7. The van der Waals surface area contributed by atoms with Gasteiger partial charge in [-0.25, -0.2) is 0 Å². The van der Waals surface area contributed by atoms with Gasteiger partial charge in [-0.1, -0.05) is 41.0 Å². The largest absolute Gasteiger partial charge is 0.481 e. The third-order valence-electron chi connectivity index (χ3n) is 9.08. The fraction of sp³-hybridized carbons (Fsp3) is 0.722. The maximum atomic E-state index is 14.1. The van der Waals surface area contributed by atoms with Crippen LogP contribution in [0.5, 0.6) is 0 Å². The Balaban J connectivity index is 3.20. The molecule has 0 saturated carbocycles. The van der Waals surface area contributed by atoms with E-state index in [1.807, 2.05) is 5.32 Å². The number of carbonyl (C=O) groups excluding carboxylic acids is 7. The van der Waals surface area contributed by atoms with Crippen LogP contribution in [-0.2, 0) is 47.9 Å². The molecule has 1 heterocycles. The number of aliphatic carboxylic acids is 3. The molecule has 0 aromatic rings. The number of likely N-dealkylation sites (tertiary alicyclic amines) is 1. The van der Waals surface area contributed by atoms with Crippen LogP contribution in [0.3, 0.4) is 0 Å². The second kappa shape index (κ2) is 24.4. The number of hydrogen-bond donors (Lipinski definition) is 9. The number of carboxylic acid groups (broad SMARTS) is 3. The number of Topliss-reactive ketones (excluding diaryl/α,β-unsaturated/α-hetero) is 1. The van der Waals surface area contributed by atoms with E-state index in [-0.39, 0.29) is 51.1 Å². The highest BCUT2D eigenvalue weighted by Gasteiger charge is 2.40. The molecule has 0 bridgehead atoms. The first-order valence-electron chi connectivity index (χ1n) is 18.9. The maximum absolute atomic E-state index is 14.1. The molecule has 20 heteroatoms. The van der Waals surface area contributed by atoms with E-state index < -0.39 is 114 Å². The van der Waals surface area contributed by atoms with E-state index >= 15 is 0 Å². The van der Waals surface area contributed by atoms with Crippen LogP contribution < -0.4 is 31.9 Å². The molecule has 316 valence electrons. The molecular weight excluding hydrogens is 738 g/mol. The Hall–Kier alpha value is -5.14. The molecule has 1 rings (SSSR count). The number of carbonyl (C=O) groups is 10. The summed E-state index contributed by atoms with van der Waals surface area (Å²) in [7, 11) is 0. The van der Waals surface area contributed by atoms with Gasteiger partial charge in [0, 0.05) is 38.9 Å². The summed E-state index contributed by atoms with van der Waals surface area (Å²) in [4.78, 5) is 126. The summed E-state index contributed by atoms with van der Waals surface area (Å²) in [5.41, 5.74) is 0. The smallest absolute Gasteiger partial charge is 0.322 e. The number of piperidine rings is 1. The van der Waals surface area contributed by atoms with Crippen molar-refractivity contribution in [1.82, 2.24) is 36.8 Å². The number of amides is 6. The zero-order chi connectivity index (χ0) is 42.7. The van der Waals surface area contributed by atoms with Crippen molar-refractivity contribution < 1.29 is 63.3 Å². The molecule has 0 aliphatic carbocycles. The van der Waals surface area contributed by atoms with Crippen molar-refractivity contribution >= 4 is 59.1 Å². The molecule has 0 spiro atoms. The monoisotopic (exact) mass is 797 g/mol. The summed E-state index contributed by atoms with van der Waals surface area (Å²) in [6, 6.07) is -6.43. The van der Waals surface area contributed by atoms with Crippen molar-refractivity contribution in [1.29, 1.82) is 0 Å². The van der Waals surface area contributed by atoms with Gasteiger partial charge in [-0.2, -0.15) is 0 Å². The van der Waals surface area contributed by atoms with Crippen molar-refractivity contribution in [2.45, 2.75) is 136 Å². The van der Waals surface area contributed by atoms with Gasteiger partial charge in [-0.05, 0) is 50.4 Å². The first-order valence-corrected chi connectivity index (χ1v) is 18.9. The lowest BCUT2D eigenvalue weighted by Gasteiger charge is -2.39. The predicted molar refractivity (Wildman–Crippen MR) is 199 cm³/mol. The van der Waals surface area contributed by atoms with Gasteiger partial charge in [0.1, 0.15) is 24.7 Å². The molecule has 56 heavy (non-hydrogen) atoms. The Morgan fingerprint density at radius 2 is 1.30 bits per heavy atom. The van der Waals surface area contributed by atoms with Crippen molar-refractivity contribution in [3.8, 4) is 0 Å². The average Bonchev–Trinajstić information content (AvgIpc) is 3.11. The van der Waals surface area contributed by atoms with Gasteiger partial charge in [-0.15, -0.1) is 0 Å². The number of ketones is 1. The first-order chi connectivity index (χ1) is 26.2. The van der Waals surface area contributed by atoms with Crippen molar-refractivity contribution in [3.05, 3.63) is 0 Å². The Kier molecular flexibility index (Phi) is 21.3. The second-order valence-corrected chi connectivity index (χ2v) is 14.5. The highest BCUT2D eigenvalue weighted by Crippen LogP contribution is 2.21. The SMILES string of the molecule is CCC[C@H](NC(=O)C1CCCCN1C(=O)[C@@H](NC(=O)[C@@H](NC[C@H](CCC(=O)O)NC(=O)[C@H](CCC(=O)O)NC(C)=O)C(C)C)C(C)C)C(=O)C(=O)NCC(=O)O. The van der Waals surface area contributed by atoms with Gasteiger partial charge in [-0.3, -0.25) is 47.9 Å². The van der Waals surface area contributed by atoms with Crippen LogP contribution >= 0.6 is 0 Å². The second-order valence-electron chi connectivity index (χ2n) is 14.5. The molecule has 20 nitrogen and oxygen atoms in total. The number of nitrogens with zero attached hydrogens (tertiary/aromatic N) is 1. The van der Waals surface area contributed by atoms with Crippen LogP contribution in [0.1, 0.15) is 99.3 Å². The molecule has 0 aromatic heterocycles. The van der Waals surface area contributed by atoms with Gasteiger partial charge >= 0.3 is 17.9 Å². The Morgan fingerprint density at radius 3 is 1.84 bits per heavy atom. The summed E-state index contributed by atoms with van der Waals surface area (Å²) in [6.07, 6.45) is 0.801. The van der Waals surface area contributed by atoms with E-state index in [0.717, 1.165) is 6.92 Å². The molecule has 1 aliphatic rings. The third-order valence-corrected chi connectivity index (χ3v) is 9.08. The average molecular weight is 798 g/mol. The van der Waals surface area contributed by atoms with Gasteiger partial charge in [0.25, 0.3) is 5.91 Å². The first kappa shape index (κ1) is 48.9. The van der Waals surface area contributed by atoms with Crippen LogP contribution in [0.25, 0.3) is 0 Å². The lowest BCUT2D eigenvalue weighted by atomic mass is 9.95. The number of rotatable bonds is 25. The summed E-state index contributed by atoms with van der Waals surface area (Å²) in [5.74, 6) is -9.85. The molecule has 1 saturated heterocycles. The third kappa shape index (κ3) is 17.1. The summed E-state index contributed by atoms with van der Waals surface area (Å²) in [6.45, 7) is 9.04. The highest BCUT2D eigenvalue weighted by molar-refractivity contribution is 6.38. The molecule has 9 N–H and O–H groups in total. The van der Waals surface area contributed by atoms with Crippen LogP contribution in [0, 0.1) is 11.8 Å². The fourth-order valence-corrected chi connectivity index (χ4v) is 6.14. The molecule has 1 unspecified atom stereocenters. The van der Waals surface area contributed by atoms with Gasteiger partial charge in [0.2, 0.25) is 35.3 Å². The highest BCUT2D eigenvalue weighted by atomic mass is 16.4. The van der Waals surface area contributed by atoms with E-state index in [2.05, 4.69) is 26.6 Å². The predicted octanol–water partition coefficient (Wildman–Crippen LogP) is -1.10. The lowest BCUT2D eigenvalue weighted by molar-refractivity contribution is -0.147. The molecule has 1 fully saturated rings. The van der Waals surface area contributed by atoms with Crippen LogP contribution in [-0.4, -0.2) is 135 Å². The van der Waals surface area contributed by atoms with E-state index in [1.165, 1.54) is 4.90 Å². The number of carboxylic acids is 3. The molecule has 6 amide bonds. The van der Waals surface area contributed by atoms with Crippen LogP contribution in [0.4, 0.5) is 0 Å². The maximum Gasteiger partial charge on any atom is 0.322 e. The van der Waals surface area contributed by atoms with Crippen molar-refractivity contribution in [3.63, 3.8) is 0 Å².